The zero-order chi connectivity index (χ0) is 10.7. The fourth-order valence-electron chi connectivity index (χ4n) is 1.02. The predicted octanol–water partition coefficient (Wildman–Crippen LogP) is 2.39. The average molecular weight is 202 g/mol. The smallest absolute Gasteiger partial charge is 0.266 e. The van der Waals surface area contributed by atoms with Crippen LogP contribution in [0.15, 0.2) is 12.1 Å². The zero-order valence-corrected chi connectivity index (χ0v) is 6.84. The molecular weight excluding hydrogens is 197 g/mol. The molecule has 0 unspecified atom stereocenters. The largest absolute Gasteiger partial charge is 0.298 e. The maximum absolute atomic E-state index is 13.1. The molecule has 0 aromatic heterocycles. The first-order valence-corrected chi connectivity index (χ1v) is 3.62. The van der Waals surface area contributed by atoms with Gasteiger partial charge >= 0.3 is 0 Å². The summed E-state index contributed by atoms with van der Waals surface area (Å²) >= 11 is 0. The van der Waals surface area contributed by atoms with Gasteiger partial charge in [0, 0.05) is 5.56 Å². The Morgan fingerprint density at radius 1 is 1.14 bits per heavy atom. The van der Waals surface area contributed by atoms with Crippen molar-refractivity contribution in [2.24, 2.45) is 0 Å². The lowest BCUT2D eigenvalue weighted by Gasteiger charge is -2.04. The molecular formula is C9H5F3O2. The third-order valence-electron chi connectivity index (χ3n) is 1.72. The van der Waals surface area contributed by atoms with Crippen molar-refractivity contribution in [2.45, 2.75) is 6.43 Å². The van der Waals surface area contributed by atoms with Gasteiger partial charge < -0.3 is 0 Å². The van der Waals surface area contributed by atoms with Gasteiger partial charge in [-0.05, 0) is 6.07 Å². The highest BCUT2D eigenvalue weighted by molar-refractivity contribution is 5.90. The molecule has 0 atom stereocenters. The van der Waals surface area contributed by atoms with Crippen LogP contribution in [0.25, 0.3) is 0 Å². The molecule has 0 aliphatic carbocycles. The molecule has 0 radical (unpaired) electrons. The summed E-state index contributed by atoms with van der Waals surface area (Å²) in [5.41, 5.74) is -1.74. The van der Waals surface area contributed by atoms with Crippen molar-refractivity contribution < 1.29 is 22.8 Å². The molecule has 1 rings (SSSR count). The van der Waals surface area contributed by atoms with Crippen molar-refractivity contribution in [2.75, 3.05) is 0 Å². The van der Waals surface area contributed by atoms with Crippen LogP contribution in [0.3, 0.4) is 0 Å². The number of alkyl halides is 2. The van der Waals surface area contributed by atoms with Crippen molar-refractivity contribution >= 4 is 12.6 Å². The minimum atomic E-state index is -3.01. The van der Waals surface area contributed by atoms with E-state index in [0.717, 1.165) is 12.1 Å². The van der Waals surface area contributed by atoms with Crippen molar-refractivity contribution in [3.8, 4) is 0 Å². The van der Waals surface area contributed by atoms with Gasteiger partial charge in [-0.15, -0.1) is 0 Å². The molecule has 2 nitrogen and oxygen atoms in total. The molecule has 0 saturated carbocycles. The second-order valence-corrected chi connectivity index (χ2v) is 2.51. The summed E-state index contributed by atoms with van der Waals surface area (Å²) in [6, 6.07) is 1.78. The Bertz CT molecular complexity index is 375. The van der Waals surface area contributed by atoms with E-state index >= 15 is 0 Å². The Kier molecular flexibility index (Phi) is 3.01. The van der Waals surface area contributed by atoms with Crippen LogP contribution < -0.4 is 0 Å². The van der Waals surface area contributed by atoms with Crippen LogP contribution in [0, 0.1) is 5.82 Å². The van der Waals surface area contributed by atoms with E-state index in [9.17, 15) is 22.8 Å². The second kappa shape index (κ2) is 4.04. The zero-order valence-electron chi connectivity index (χ0n) is 6.84. The summed E-state index contributed by atoms with van der Waals surface area (Å²) in [6.07, 6.45) is -2.72. The molecule has 1 aromatic carbocycles. The Labute approximate surface area is 77.3 Å². The highest BCUT2D eigenvalue weighted by Crippen LogP contribution is 2.24. The molecule has 5 heteroatoms. The standard InChI is InChI=1S/C9H5F3O2/c10-8-6(9(11)12)2-1-5(3-13)7(8)4-14/h1-4,9H. The van der Waals surface area contributed by atoms with E-state index in [1.165, 1.54) is 0 Å². The lowest BCUT2D eigenvalue weighted by atomic mass is 10.0. The SMILES string of the molecule is O=Cc1ccc(C(F)F)c(F)c1C=O. The minimum absolute atomic E-state index is 0.0466. The molecule has 0 N–H and O–H groups in total. The van der Waals surface area contributed by atoms with Crippen LogP contribution in [0.2, 0.25) is 0 Å². The number of hydrogen-bond donors (Lipinski definition) is 0. The van der Waals surface area contributed by atoms with Gasteiger partial charge in [0.05, 0.1) is 11.1 Å². The van der Waals surface area contributed by atoms with Crippen molar-refractivity contribution in [1.82, 2.24) is 0 Å². The lowest BCUT2D eigenvalue weighted by molar-refractivity contribution is 0.108. The van der Waals surface area contributed by atoms with Gasteiger partial charge in [-0.1, -0.05) is 6.07 Å². The minimum Gasteiger partial charge on any atom is -0.298 e. The van der Waals surface area contributed by atoms with Crippen LogP contribution in [0.5, 0.6) is 0 Å². The van der Waals surface area contributed by atoms with Crippen LogP contribution in [0.4, 0.5) is 13.2 Å². The van der Waals surface area contributed by atoms with E-state index < -0.39 is 23.4 Å². The summed E-state index contributed by atoms with van der Waals surface area (Å²) in [6.45, 7) is 0. The van der Waals surface area contributed by atoms with E-state index in [1.807, 2.05) is 0 Å². The van der Waals surface area contributed by atoms with Gasteiger partial charge in [0.15, 0.2) is 12.6 Å². The van der Waals surface area contributed by atoms with E-state index in [4.69, 9.17) is 0 Å². The maximum atomic E-state index is 13.1. The molecule has 0 amide bonds. The number of carbonyl (C=O) groups excluding carboxylic acids is 2. The predicted molar refractivity (Wildman–Crippen MR) is 42.1 cm³/mol. The molecule has 0 spiro atoms. The molecule has 0 heterocycles. The number of halogens is 3. The topological polar surface area (TPSA) is 34.1 Å². The van der Waals surface area contributed by atoms with E-state index in [2.05, 4.69) is 0 Å². The Balaban J connectivity index is 3.41. The molecule has 74 valence electrons. The molecule has 14 heavy (non-hydrogen) atoms. The summed E-state index contributed by atoms with van der Waals surface area (Å²) in [5, 5.41) is 0. The first kappa shape index (κ1) is 10.4. The van der Waals surface area contributed by atoms with Crippen LogP contribution >= 0.6 is 0 Å². The van der Waals surface area contributed by atoms with Crippen LogP contribution in [-0.4, -0.2) is 12.6 Å². The van der Waals surface area contributed by atoms with Crippen LogP contribution in [0.1, 0.15) is 32.7 Å². The van der Waals surface area contributed by atoms with Gasteiger partial charge in [0.2, 0.25) is 0 Å². The Morgan fingerprint density at radius 3 is 2.21 bits per heavy atom. The molecule has 0 bridgehead atoms. The Hall–Kier alpha value is -1.65. The summed E-state index contributed by atoms with van der Waals surface area (Å²) in [4.78, 5) is 20.6. The number of carbonyl (C=O) groups is 2. The number of rotatable bonds is 3. The van der Waals surface area contributed by atoms with Crippen LogP contribution in [-0.2, 0) is 0 Å². The van der Waals surface area contributed by atoms with Gasteiger partial charge in [-0.2, -0.15) is 0 Å². The third kappa shape index (κ3) is 1.66. The molecule has 0 aliphatic rings. The van der Waals surface area contributed by atoms with E-state index in [-0.39, 0.29) is 18.1 Å². The van der Waals surface area contributed by atoms with Gasteiger partial charge in [-0.25, -0.2) is 13.2 Å². The fourth-order valence-corrected chi connectivity index (χ4v) is 1.02. The Morgan fingerprint density at radius 2 is 1.79 bits per heavy atom. The first-order chi connectivity index (χ1) is 6.61. The lowest BCUT2D eigenvalue weighted by Crippen LogP contribution is -2.01. The van der Waals surface area contributed by atoms with E-state index in [0.29, 0.717) is 0 Å². The highest BCUT2D eigenvalue weighted by Gasteiger charge is 2.18. The quantitative estimate of drug-likeness (QED) is 0.705. The average Bonchev–Trinajstić information content (AvgIpc) is 2.16. The van der Waals surface area contributed by atoms with Gasteiger partial charge in [0.1, 0.15) is 5.82 Å². The van der Waals surface area contributed by atoms with Crippen molar-refractivity contribution in [3.63, 3.8) is 0 Å². The third-order valence-corrected chi connectivity index (χ3v) is 1.72. The molecule has 1 aromatic rings. The van der Waals surface area contributed by atoms with Crippen molar-refractivity contribution in [3.05, 3.63) is 34.6 Å². The number of hydrogen-bond acceptors (Lipinski definition) is 2. The molecule has 0 aliphatic heterocycles. The number of aldehydes is 2. The van der Waals surface area contributed by atoms with Gasteiger partial charge in [-0.3, -0.25) is 9.59 Å². The summed E-state index contributed by atoms with van der Waals surface area (Å²) < 4.78 is 37.4. The maximum Gasteiger partial charge on any atom is 0.266 e. The highest BCUT2D eigenvalue weighted by atomic mass is 19.3. The monoisotopic (exact) mass is 202 g/mol. The molecule has 0 fully saturated rings. The van der Waals surface area contributed by atoms with Gasteiger partial charge in [0.25, 0.3) is 6.43 Å². The van der Waals surface area contributed by atoms with E-state index in [1.54, 1.807) is 0 Å². The normalized spacial score (nSPS) is 10.3. The first-order valence-electron chi connectivity index (χ1n) is 3.62. The second-order valence-electron chi connectivity index (χ2n) is 2.51. The number of benzene rings is 1. The summed E-state index contributed by atoms with van der Waals surface area (Å²) in [5.74, 6) is -1.33. The fraction of sp³-hybridized carbons (Fsp3) is 0.111. The molecule has 0 saturated heterocycles. The summed E-state index contributed by atoms with van der Waals surface area (Å²) in [7, 11) is 0. The van der Waals surface area contributed by atoms with Crippen molar-refractivity contribution in [1.29, 1.82) is 0 Å².